The molecular weight excluding hydrogens is 292 g/mol. The van der Waals surface area contributed by atoms with Gasteiger partial charge in [-0.15, -0.1) is 0 Å². The van der Waals surface area contributed by atoms with Crippen molar-refractivity contribution in [1.29, 1.82) is 0 Å². The molecule has 1 heterocycles. The molecule has 0 spiro atoms. The Morgan fingerprint density at radius 3 is 2.62 bits per heavy atom. The molecule has 21 heavy (non-hydrogen) atoms. The van der Waals surface area contributed by atoms with E-state index >= 15 is 0 Å². The van der Waals surface area contributed by atoms with Crippen molar-refractivity contribution in [2.24, 2.45) is 0 Å². The zero-order valence-electron chi connectivity index (χ0n) is 11.4. The maximum atomic E-state index is 11.1. The van der Waals surface area contributed by atoms with Crippen LogP contribution < -0.4 is 0 Å². The summed E-state index contributed by atoms with van der Waals surface area (Å²) in [6, 6.07) is 7.09. The highest BCUT2D eigenvalue weighted by Gasteiger charge is 2.21. The van der Waals surface area contributed by atoms with E-state index in [4.69, 9.17) is 5.11 Å². The number of aromatic nitrogens is 1. The summed E-state index contributed by atoms with van der Waals surface area (Å²) in [4.78, 5) is 26.0. The zero-order chi connectivity index (χ0) is 15.6. The number of pyridine rings is 1. The second-order valence-corrected chi connectivity index (χ2v) is 5.54. The number of aromatic carboxylic acids is 1. The third kappa shape index (κ3) is 3.38. The monoisotopic (exact) mass is 304 g/mol. The summed E-state index contributed by atoms with van der Waals surface area (Å²) in [6.45, 7) is 3.92. The molecule has 2 aromatic rings. The molecule has 0 unspecified atom stereocenters. The summed E-state index contributed by atoms with van der Waals surface area (Å²) < 4.78 is 0. The molecule has 108 valence electrons. The molecule has 2 rings (SSSR count). The molecule has 0 saturated heterocycles. The Labute approximate surface area is 125 Å². The summed E-state index contributed by atoms with van der Waals surface area (Å²) in [5, 5.41) is 20.2. The molecule has 0 fully saturated rings. The van der Waals surface area contributed by atoms with Gasteiger partial charge in [0.05, 0.1) is 4.92 Å². The van der Waals surface area contributed by atoms with Crippen molar-refractivity contribution >= 4 is 23.4 Å². The van der Waals surface area contributed by atoms with Crippen LogP contribution in [-0.2, 0) is 0 Å². The lowest BCUT2D eigenvalue weighted by Crippen LogP contribution is -2.03. The van der Waals surface area contributed by atoms with E-state index in [0.717, 1.165) is 22.2 Å². The van der Waals surface area contributed by atoms with Crippen molar-refractivity contribution in [2.45, 2.75) is 23.8 Å². The number of nitrogens with zero attached hydrogens (tertiary/aromatic N) is 2. The van der Waals surface area contributed by atoms with Gasteiger partial charge in [-0.3, -0.25) is 10.1 Å². The van der Waals surface area contributed by atoms with Crippen molar-refractivity contribution < 1.29 is 14.8 Å². The minimum Gasteiger partial charge on any atom is -0.477 e. The average molecular weight is 304 g/mol. The quantitative estimate of drug-likeness (QED) is 0.686. The van der Waals surface area contributed by atoms with Crippen LogP contribution in [0.3, 0.4) is 0 Å². The molecule has 0 aliphatic heterocycles. The van der Waals surface area contributed by atoms with Crippen molar-refractivity contribution in [3.8, 4) is 0 Å². The van der Waals surface area contributed by atoms with Gasteiger partial charge >= 0.3 is 11.7 Å². The van der Waals surface area contributed by atoms with Gasteiger partial charge in [0.1, 0.15) is 16.8 Å². The summed E-state index contributed by atoms with van der Waals surface area (Å²) in [7, 11) is 0. The number of carbonyl (C=O) groups is 1. The highest BCUT2D eigenvalue weighted by molar-refractivity contribution is 7.99. The molecule has 1 aromatic carbocycles. The van der Waals surface area contributed by atoms with Crippen LogP contribution in [0.2, 0.25) is 0 Å². The Morgan fingerprint density at radius 2 is 2.05 bits per heavy atom. The molecule has 0 saturated carbocycles. The first-order valence-corrected chi connectivity index (χ1v) is 6.83. The first-order valence-electron chi connectivity index (χ1n) is 6.01. The van der Waals surface area contributed by atoms with Crippen LogP contribution >= 0.6 is 11.8 Å². The smallest absolute Gasteiger partial charge is 0.342 e. The number of rotatable bonds is 4. The Hall–Kier alpha value is -2.41. The molecule has 0 aliphatic rings. The van der Waals surface area contributed by atoms with Crippen LogP contribution in [0.15, 0.2) is 40.4 Å². The lowest BCUT2D eigenvalue weighted by Gasteiger charge is -2.06. The molecule has 0 bridgehead atoms. The van der Waals surface area contributed by atoms with Gasteiger partial charge in [0, 0.05) is 4.90 Å². The summed E-state index contributed by atoms with van der Waals surface area (Å²) in [5.41, 5.74) is 1.30. The number of benzene rings is 1. The number of aryl methyl sites for hydroxylation is 2. The largest absolute Gasteiger partial charge is 0.477 e. The van der Waals surface area contributed by atoms with E-state index in [1.165, 1.54) is 17.8 Å². The maximum absolute atomic E-state index is 11.1. The van der Waals surface area contributed by atoms with Gasteiger partial charge in [-0.1, -0.05) is 29.5 Å². The van der Waals surface area contributed by atoms with Crippen LogP contribution in [-0.4, -0.2) is 21.0 Å². The van der Waals surface area contributed by atoms with Crippen LogP contribution in [0.5, 0.6) is 0 Å². The molecule has 0 aliphatic carbocycles. The zero-order valence-corrected chi connectivity index (χ0v) is 12.2. The standard InChI is InChI=1S/C14H12N2O4S/c1-8-3-4-12(9(2)5-8)21-13-6-10(14(17)18)11(7-15-13)16(19)20/h3-7H,1-2H3,(H,17,18). The van der Waals surface area contributed by atoms with Crippen LogP contribution in [0, 0.1) is 24.0 Å². The van der Waals surface area contributed by atoms with E-state index in [1.807, 2.05) is 32.0 Å². The Kier molecular flexibility index (Phi) is 4.23. The lowest BCUT2D eigenvalue weighted by atomic mass is 10.2. The normalized spacial score (nSPS) is 10.4. The Balaban J connectivity index is 2.39. The van der Waals surface area contributed by atoms with Crippen molar-refractivity contribution in [2.75, 3.05) is 0 Å². The van der Waals surface area contributed by atoms with Crippen molar-refractivity contribution in [1.82, 2.24) is 4.98 Å². The third-order valence-electron chi connectivity index (χ3n) is 2.83. The summed E-state index contributed by atoms with van der Waals surface area (Å²) in [6.07, 6.45) is 0.981. The fourth-order valence-electron chi connectivity index (χ4n) is 1.83. The first kappa shape index (κ1) is 15.0. The number of hydrogen-bond acceptors (Lipinski definition) is 5. The second-order valence-electron chi connectivity index (χ2n) is 4.47. The molecule has 0 amide bonds. The molecular formula is C14H12N2O4S. The second kappa shape index (κ2) is 5.92. The average Bonchev–Trinajstić information content (AvgIpc) is 2.41. The number of nitro groups is 1. The van der Waals surface area contributed by atoms with Crippen molar-refractivity contribution in [3.05, 3.63) is 57.3 Å². The maximum Gasteiger partial charge on any atom is 0.342 e. The number of carboxylic acids is 1. The van der Waals surface area contributed by atoms with Crippen molar-refractivity contribution in [3.63, 3.8) is 0 Å². The Morgan fingerprint density at radius 1 is 1.33 bits per heavy atom. The van der Waals surface area contributed by atoms with E-state index in [0.29, 0.717) is 5.03 Å². The molecule has 7 heteroatoms. The predicted molar refractivity (Wildman–Crippen MR) is 77.9 cm³/mol. The van der Waals surface area contributed by atoms with E-state index in [-0.39, 0.29) is 5.56 Å². The van der Waals surface area contributed by atoms with E-state index < -0.39 is 16.6 Å². The van der Waals surface area contributed by atoms with E-state index in [9.17, 15) is 14.9 Å². The highest BCUT2D eigenvalue weighted by Crippen LogP contribution is 2.31. The first-order chi connectivity index (χ1) is 9.88. The molecule has 1 N–H and O–H groups in total. The fourth-order valence-corrected chi connectivity index (χ4v) is 2.69. The minimum absolute atomic E-state index is 0.359. The lowest BCUT2D eigenvalue weighted by molar-refractivity contribution is -0.385. The highest BCUT2D eigenvalue weighted by atomic mass is 32.2. The van der Waals surface area contributed by atoms with E-state index in [1.54, 1.807) is 0 Å². The molecule has 0 radical (unpaired) electrons. The van der Waals surface area contributed by atoms with Gasteiger partial charge in [0.25, 0.3) is 0 Å². The predicted octanol–water partition coefficient (Wildman–Crippen LogP) is 3.46. The van der Waals surface area contributed by atoms with E-state index in [2.05, 4.69) is 4.98 Å². The minimum atomic E-state index is -1.34. The van der Waals surface area contributed by atoms with Crippen LogP contribution in [0.1, 0.15) is 21.5 Å². The van der Waals surface area contributed by atoms with Gasteiger partial charge < -0.3 is 5.11 Å². The van der Waals surface area contributed by atoms with Gasteiger partial charge in [-0.2, -0.15) is 0 Å². The van der Waals surface area contributed by atoms with Crippen LogP contribution in [0.4, 0.5) is 5.69 Å². The summed E-state index contributed by atoms with van der Waals surface area (Å²) >= 11 is 1.28. The van der Waals surface area contributed by atoms with Gasteiger partial charge in [-0.25, -0.2) is 9.78 Å². The SMILES string of the molecule is Cc1ccc(Sc2cc(C(=O)O)c([N+](=O)[O-])cn2)c(C)c1. The van der Waals surface area contributed by atoms with Gasteiger partial charge in [0.2, 0.25) is 0 Å². The topological polar surface area (TPSA) is 93.3 Å². The molecule has 1 aromatic heterocycles. The number of hydrogen-bond donors (Lipinski definition) is 1. The Bertz CT molecular complexity index is 731. The number of carboxylic acid groups (broad SMARTS) is 1. The van der Waals surface area contributed by atoms with Gasteiger partial charge in [0.15, 0.2) is 0 Å². The fraction of sp³-hybridized carbons (Fsp3) is 0.143. The molecule has 6 nitrogen and oxygen atoms in total. The van der Waals surface area contributed by atoms with Crippen LogP contribution in [0.25, 0.3) is 0 Å². The summed E-state index contributed by atoms with van der Waals surface area (Å²) in [5.74, 6) is -1.34. The van der Waals surface area contributed by atoms with Gasteiger partial charge in [-0.05, 0) is 31.5 Å². The molecule has 0 atom stereocenters. The third-order valence-corrected chi connectivity index (χ3v) is 3.94.